The molecule has 0 unspecified atom stereocenters. The molecule has 2 aromatic heterocycles. The molecule has 7 heteroatoms. The first kappa shape index (κ1) is 15.7. The SMILES string of the molecule is C=CCN1CCN(c2ncnc3c2nnn3Cc2ccccc2)CC1. The van der Waals surface area contributed by atoms with Crippen molar-refractivity contribution in [1.29, 1.82) is 0 Å². The fourth-order valence-electron chi connectivity index (χ4n) is 3.20. The van der Waals surface area contributed by atoms with E-state index in [9.17, 15) is 0 Å². The van der Waals surface area contributed by atoms with Crippen molar-refractivity contribution in [3.8, 4) is 0 Å². The number of hydrogen-bond acceptors (Lipinski definition) is 6. The zero-order valence-corrected chi connectivity index (χ0v) is 14.1. The Balaban J connectivity index is 1.58. The fraction of sp³-hybridized carbons (Fsp3) is 0.333. The van der Waals surface area contributed by atoms with Gasteiger partial charge in [0.05, 0.1) is 6.54 Å². The Morgan fingerprint density at radius 3 is 2.60 bits per heavy atom. The van der Waals surface area contributed by atoms with E-state index in [0.717, 1.165) is 49.7 Å². The normalized spacial score (nSPS) is 15.6. The number of hydrogen-bond donors (Lipinski definition) is 0. The molecule has 0 radical (unpaired) electrons. The van der Waals surface area contributed by atoms with Gasteiger partial charge in [0.15, 0.2) is 17.0 Å². The molecule has 1 saturated heterocycles. The second-order valence-corrected chi connectivity index (χ2v) is 6.18. The van der Waals surface area contributed by atoms with Crippen LogP contribution in [0.15, 0.2) is 49.3 Å². The van der Waals surface area contributed by atoms with Gasteiger partial charge in [0.1, 0.15) is 6.33 Å². The maximum absolute atomic E-state index is 4.48. The summed E-state index contributed by atoms with van der Waals surface area (Å²) in [6.45, 7) is 9.23. The van der Waals surface area contributed by atoms with Crippen LogP contribution in [0.2, 0.25) is 0 Å². The van der Waals surface area contributed by atoms with Gasteiger partial charge in [0.2, 0.25) is 0 Å². The molecule has 3 heterocycles. The topological polar surface area (TPSA) is 63.0 Å². The average molecular weight is 335 g/mol. The van der Waals surface area contributed by atoms with E-state index in [4.69, 9.17) is 0 Å². The molecule has 4 rings (SSSR count). The van der Waals surface area contributed by atoms with Crippen LogP contribution in [0.1, 0.15) is 5.56 Å². The lowest BCUT2D eigenvalue weighted by atomic mass is 10.2. The Bertz CT molecular complexity index is 850. The van der Waals surface area contributed by atoms with Crippen molar-refractivity contribution in [3.63, 3.8) is 0 Å². The summed E-state index contributed by atoms with van der Waals surface area (Å²) < 4.78 is 1.84. The number of benzene rings is 1. The second-order valence-electron chi connectivity index (χ2n) is 6.18. The molecule has 0 bridgehead atoms. The lowest BCUT2D eigenvalue weighted by Crippen LogP contribution is -2.46. The summed E-state index contributed by atoms with van der Waals surface area (Å²) in [5.41, 5.74) is 2.73. The number of nitrogens with zero attached hydrogens (tertiary/aromatic N) is 7. The highest BCUT2D eigenvalue weighted by Crippen LogP contribution is 2.22. The maximum Gasteiger partial charge on any atom is 0.184 e. The molecule has 1 aliphatic heterocycles. The zero-order valence-electron chi connectivity index (χ0n) is 14.1. The largest absolute Gasteiger partial charge is 0.352 e. The van der Waals surface area contributed by atoms with Gasteiger partial charge in [-0.1, -0.05) is 41.6 Å². The molecule has 0 saturated carbocycles. The van der Waals surface area contributed by atoms with Gasteiger partial charge in [-0.3, -0.25) is 4.90 Å². The molecule has 0 spiro atoms. The van der Waals surface area contributed by atoms with Crippen LogP contribution in [0.25, 0.3) is 11.2 Å². The van der Waals surface area contributed by atoms with Crippen LogP contribution in [0.5, 0.6) is 0 Å². The van der Waals surface area contributed by atoms with E-state index >= 15 is 0 Å². The van der Waals surface area contributed by atoms with Crippen LogP contribution < -0.4 is 4.90 Å². The van der Waals surface area contributed by atoms with Gasteiger partial charge in [0, 0.05) is 32.7 Å². The van der Waals surface area contributed by atoms with Crippen molar-refractivity contribution < 1.29 is 0 Å². The molecule has 0 aliphatic carbocycles. The minimum atomic E-state index is 0.654. The average Bonchev–Trinajstić information content (AvgIpc) is 3.07. The van der Waals surface area contributed by atoms with Crippen LogP contribution in [-0.2, 0) is 6.54 Å². The predicted molar refractivity (Wildman–Crippen MR) is 97.5 cm³/mol. The van der Waals surface area contributed by atoms with Gasteiger partial charge in [0.25, 0.3) is 0 Å². The minimum absolute atomic E-state index is 0.654. The monoisotopic (exact) mass is 335 g/mol. The van der Waals surface area contributed by atoms with Gasteiger partial charge >= 0.3 is 0 Å². The number of aromatic nitrogens is 5. The summed E-state index contributed by atoms with van der Waals surface area (Å²) in [4.78, 5) is 13.5. The highest BCUT2D eigenvalue weighted by Gasteiger charge is 2.21. The fourth-order valence-corrected chi connectivity index (χ4v) is 3.20. The zero-order chi connectivity index (χ0) is 17.1. The van der Waals surface area contributed by atoms with E-state index in [1.165, 1.54) is 5.56 Å². The Kier molecular flexibility index (Phi) is 4.39. The van der Waals surface area contributed by atoms with E-state index < -0.39 is 0 Å². The molecule has 1 fully saturated rings. The van der Waals surface area contributed by atoms with E-state index in [1.807, 2.05) is 29.0 Å². The Morgan fingerprint density at radius 2 is 1.84 bits per heavy atom. The molecule has 0 N–H and O–H groups in total. The Labute approximate surface area is 146 Å². The Hall–Kier alpha value is -2.80. The minimum Gasteiger partial charge on any atom is -0.352 e. The first-order valence-electron chi connectivity index (χ1n) is 8.51. The summed E-state index contributed by atoms with van der Waals surface area (Å²) in [7, 11) is 0. The van der Waals surface area contributed by atoms with Crippen LogP contribution in [-0.4, -0.2) is 62.6 Å². The van der Waals surface area contributed by atoms with E-state index in [-0.39, 0.29) is 0 Å². The highest BCUT2D eigenvalue weighted by molar-refractivity contribution is 5.82. The molecule has 128 valence electrons. The van der Waals surface area contributed by atoms with Crippen molar-refractivity contribution >= 4 is 17.0 Å². The summed E-state index contributed by atoms with van der Waals surface area (Å²) in [5.74, 6) is 0.877. The molecule has 0 amide bonds. The number of rotatable bonds is 5. The quantitative estimate of drug-likeness (QED) is 0.660. The van der Waals surface area contributed by atoms with Crippen molar-refractivity contribution in [3.05, 3.63) is 54.9 Å². The van der Waals surface area contributed by atoms with Crippen LogP contribution in [0, 0.1) is 0 Å². The van der Waals surface area contributed by atoms with Gasteiger partial charge in [-0.15, -0.1) is 11.7 Å². The Morgan fingerprint density at radius 1 is 1.04 bits per heavy atom. The third-order valence-electron chi connectivity index (χ3n) is 4.52. The van der Waals surface area contributed by atoms with Gasteiger partial charge in [-0.25, -0.2) is 14.6 Å². The lowest BCUT2D eigenvalue weighted by Gasteiger charge is -2.34. The highest BCUT2D eigenvalue weighted by atomic mass is 15.4. The molecular weight excluding hydrogens is 314 g/mol. The standard InChI is InChI=1S/C18H21N7/c1-2-8-23-9-11-24(12-10-23)17-16-18(20-14-19-17)25(22-21-16)13-15-6-4-3-5-7-15/h2-7,14H,1,8-13H2. The van der Waals surface area contributed by atoms with Crippen molar-refractivity contribution in [2.75, 3.05) is 37.6 Å². The summed E-state index contributed by atoms with van der Waals surface area (Å²) in [5, 5.41) is 8.67. The number of fused-ring (bicyclic) bond motifs is 1. The van der Waals surface area contributed by atoms with Crippen molar-refractivity contribution in [2.24, 2.45) is 0 Å². The van der Waals surface area contributed by atoms with Crippen LogP contribution in [0.4, 0.5) is 5.82 Å². The van der Waals surface area contributed by atoms with E-state index in [0.29, 0.717) is 6.54 Å². The van der Waals surface area contributed by atoms with Crippen LogP contribution >= 0.6 is 0 Å². The van der Waals surface area contributed by atoms with Crippen molar-refractivity contribution in [1.82, 2.24) is 29.9 Å². The summed E-state index contributed by atoms with van der Waals surface area (Å²) >= 11 is 0. The number of piperazine rings is 1. The lowest BCUT2D eigenvalue weighted by molar-refractivity contribution is 0.283. The summed E-state index contributed by atoms with van der Waals surface area (Å²) in [6.07, 6.45) is 3.56. The van der Waals surface area contributed by atoms with Gasteiger partial charge in [-0.05, 0) is 5.56 Å². The van der Waals surface area contributed by atoms with E-state index in [1.54, 1.807) is 6.33 Å². The van der Waals surface area contributed by atoms with E-state index in [2.05, 4.69) is 48.8 Å². The first-order valence-corrected chi connectivity index (χ1v) is 8.51. The first-order chi connectivity index (χ1) is 12.3. The smallest absolute Gasteiger partial charge is 0.184 e. The van der Waals surface area contributed by atoms with Crippen molar-refractivity contribution in [2.45, 2.75) is 6.54 Å². The maximum atomic E-state index is 4.48. The second kappa shape index (κ2) is 6.98. The van der Waals surface area contributed by atoms with Crippen LogP contribution in [0.3, 0.4) is 0 Å². The molecule has 3 aromatic rings. The molecule has 25 heavy (non-hydrogen) atoms. The number of anilines is 1. The molecule has 1 aliphatic rings. The molecular formula is C18H21N7. The van der Waals surface area contributed by atoms with Gasteiger partial charge in [-0.2, -0.15) is 0 Å². The third-order valence-corrected chi connectivity index (χ3v) is 4.52. The summed E-state index contributed by atoms with van der Waals surface area (Å²) in [6, 6.07) is 10.2. The molecule has 7 nitrogen and oxygen atoms in total. The molecule has 0 atom stereocenters. The third kappa shape index (κ3) is 3.23. The predicted octanol–water partition coefficient (Wildman–Crippen LogP) is 1.58. The molecule has 1 aromatic carbocycles. The van der Waals surface area contributed by atoms with Gasteiger partial charge < -0.3 is 4.90 Å².